The van der Waals surface area contributed by atoms with Gasteiger partial charge in [0.05, 0.1) is 0 Å². The van der Waals surface area contributed by atoms with Crippen LogP contribution in [0.3, 0.4) is 0 Å². The van der Waals surface area contributed by atoms with Crippen LogP contribution in [0.5, 0.6) is 0 Å². The lowest BCUT2D eigenvalue weighted by Gasteiger charge is -2.51. The molecule has 0 radical (unpaired) electrons. The average molecular weight is 305 g/mol. The van der Waals surface area contributed by atoms with Gasteiger partial charge in [-0.2, -0.15) is 8.42 Å². The summed E-state index contributed by atoms with van der Waals surface area (Å²) in [6, 6.07) is 0. The highest BCUT2D eigenvalue weighted by Crippen LogP contribution is 2.40. The van der Waals surface area contributed by atoms with E-state index in [1.54, 1.807) is 0 Å². The first-order valence-electron chi connectivity index (χ1n) is 6.55. The molecule has 1 heterocycles. The van der Waals surface area contributed by atoms with Gasteiger partial charge in [0.2, 0.25) is 0 Å². The number of amidine groups is 1. The Labute approximate surface area is 119 Å². The molecule has 0 aromatic rings. The van der Waals surface area contributed by atoms with Gasteiger partial charge in [-0.15, -0.1) is 4.31 Å². The number of hydrogen-bond donors (Lipinski definition) is 3. The summed E-state index contributed by atoms with van der Waals surface area (Å²) in [7, 11) is -4.55. The molecule has 2 atom stereocenters. The van der Waals surface area contributed by atoms with Gasteiger partial charge in [0.15, 0.2) is 5.79 Å². The van der Waals surface area contributed by atoms with E-state index in [1.165, 1.54) is 6.92 Å². The number of nitrogens with two attached hydrogens (primary N) is 2. The van der Waals surface area contributed by atoms with E-state index in [9.17, 15) is 13.0 Å². The number of aliphatic imine (C=N–C) groups is 1. The minimum Gasteiger partial charge on any atom is -0.294 e. The van der Waals surface area contributed by atoms with E-state index in [0.29, 0.717) is 5.84 Å². The highest BCUT2D eigenvalue weighted by atomic mass is 32.2. The highest BCUT2D eigenvalue weighted by Gasteiger charge is 2.54. The number of hydrazine groups is 1. The minimum absolute atomic E-state index is 0.219. The van der Waals surface area contributed by atoms with Crippen molar-refractivity contribution < 1.29 is 13.0 Å². The Kier molecular flexibility index (Phi) is 3.42. The normalized spacial score (nSPS) is 33.2. The molecule has 2 unspecified atom stereocenters. The van der Waals surface area contributed by atoms with E-state index in [2.05, 4.69) is 4.99 Å². The second-order valence-electron chi connectivity index (χ2n) is 6.74. The Morgan fingerprint density at radius 3 is 2.25 bits per heavy atom. The van der Waals surface area contributed by atoms with Gasteiger partial charge in [-0.3, -0.25) is 15.3 Å². The Morgan fingerprint density at radius 2 is 1.90 bits per heavy atom. The Balaban J connectivity index is 2.59. The summed E-state index contributed by atoms with van der Waals surface area (Å²) in [6.45, 7) is 6.97. The fourth-order valence-electron chi connectivity index (χ4n) is 2.37. The molecule has 5 N–H and O–H groups in total. The SMILES string of the molecule is CC(C)(C)C1N=C(C2CC2)N(N)C(C)(N)N1S(=O)(=O)O. The molecule has 0 saturated heterocycles. The summed E-state index contributed by atoms with van der Waals surface area (Å²) in [5, 5.41) is 1.15. The second-order valence-corrected chi connectivity index (χ2v) is 8.03. The summed E-state index contributed by atoms with van der Waals surface area (Å²) in [5.41, 5.74) is 5.57. The van der Waals surface area contributed by atoms with Crippen LogP contribution in [-0.2, 0) is 10.3 Å². The van der Waals surface area contributed by atoms with Crippen molar-refractivity contribution in [3.8, 4) is 0 Å². The third-order valence-corrected chi connectivity index (χ3v) is 4.69. The van der Waals surface area contributed by atoms with E-state index in [1.807, 2.05) is 20.8 Å². The molecule has 0 spiro atoms. The van der Waals surface area contributed by atoms with Crippen molar-refractivity contribution in [1.29, 1.82) is 0 Å². The average Bonchev–Trinajstić information content (AvgIpc) is 3.01. The zero-order chi connectivity index (χ0) is 15.5. The zero-order valence-electron chi connectivity index (χ0n) is 12.2. The molecule has 2 rings (SSSR count). The lowest BCUT2D eigenvalue weighted by atomic mass is 9.91. The standard InChI is InChI=1S/C11H23N5O3S/c1-10(2,3)9-14-8(7-5-6-7)15(13)11(4,12)16(9)20(17,18)19/h7,9H,5-6,12-13H2,1-4H3,(H,17,18,19). The van der Waals surface area contributed by atoms with Gasteiger partial charge in [-0.05, 0) is 25.2 Å². The van der Waals surface area contributed by atoms with Crippen molar-refractivity contribution in [2.24, 2.45) is 27.9 Å². The van der Waals surface area contributed by atoms with Crippen molar-refractivity contribution in [3.63, 3.8) is 0 Å². The van der Waals surface area contributed by atoms with Crippen LogP contribution in [0.1, 0.15) is 40.5 Å². The molecule has 1 aliphatic heterocycles. The molecule has 1 saturated carbocycles. The van der Waals surface area contributed by atoms with Crippen molar-refractivity contribution in [2.75, 3.05) is 0 Å². The topological polar surface area (TPSA) is 125 Å². The maximum absolute atomic E-state index is 11.7. The van der Waals surface area contributed by atoms with Crippen molar-refractivity contribution in [2.45, 2.75) is 52.5 Å². The summed E-state index contributed by atoms with van der Waals surface area (Å²) in [6.07, 6.45) is 1.12. The van der Waals surface area contributed by atoms with Gasteiger partial charge < -0.3 is 0 Å². The largest absolute Gasteiger partial charge is 0.340 e. The Bertz CT molecular complexity index is 533. The van der Waals surface area contributed by atoms with Crippen LogP contribution < -0.4 is 11.6 Å². The predicted molar refractivity (Wildman–Crippen MR) is 75.4 cm³/mol. The Hall–Kier alpha value is -0.740. The van der Waals surface area contributed by atoms with Gasteiger partial charge >= 0.3 is 10.3 Å². The lowest BCUT2D eigenvalue weighted by molar-refractivity contribution is -0.0185. The summed E-state index contributed by atoms with van der Waals surface area (Å²) in [4.78, 5) is 4.46. The summed E-state index contributed by atoms with van der Waals surface area (Å²) >= 11 is 0. The van der Waals surface area contributed by atoms with Gasteiger partial charge in [0.25, 0.3) is 0 Å². The van der Waals surface area contributed by atoms with Crippen LogP contribution in [0.4, 0.5) is 0 Å². The number of nitrogens with zero attached hydrogens (tertiary/aromatic N) is 3. The maximum Gasteiger partial charge on any atom is 0.340 e. The molecule has 116 valence electrons. The first kappa shape index (κ1) is 15.6. The molecular weight excluding hydrogens is 282 g/mol. The van der Waals surface area contributed by atoms with E-state index < -0.39 is 27.7 Å². The Morgan fingerprint density at radius 1 is 1.40 bits per heavy atom. The smallest absolute Gasteiger partial charge is 0.294 e. The van der Waals surface area contributed by atoms with Gasteiger partial charge in [-0.25, -0.2) is 10.8 Å². The molecule has 2 aliphatic rings. The van der Waals surface area contributed by atoms with Crippen LogP contribution in [0, 0.1) is 11.3 Å². The van der Waals surface area contributed by atoms with Crippen LogP contribution in [-0.4, -0.2) is 40.1 Å². The monoisotopic (exact) mass is 305 g/mol. The quantitative estimate of drug-likeness (QED) is 0.490. The number of hydrogen-bond acceptors (Lipinski definition) is 6. The van der Waals surface area contributed by atoms with Gasteiger partial charge in [0.1, 0.15) is 12.0 Å². The third kappa shape index (κ3) is 2.56. The van der Waals surface area contributed by atoms with Crippen LogP contribution in [0.15, 0.2) is 4.99 Å². The molecule has 1 aliphatic carbocycles. The predicted octanol–water partition coefficient (Wildman–Crippen LogP) is 0.0936. The van der Waals surface area contributed by atoms with E-state index in [-0.39, 0.29) is 5.92 Å². The van der Waals surface area contributed by atoms with Crippen molar-refractivity contribution >= 4 is 16.1 Å². The van der Waals surface area contributed by atoms with Gasteiger partial charge in [0, 0.05) is 5.92 Å². The molecule has 9 heteroatoms. The second kappa shape index (κ2) is 4.38. The molecule has 0 aromatic heterocycles. The highest BCUT2D eigenvalue weighted by molar-refractivity contribution is 7.83. The summed E-state index contributed by atoms with van der Waals surface area (Å²) < 4.78 is 33.8. The molecule has 8 nitrogen and oxygen atoms in total. The lowest BCUT2D eigenvalue weighted by Crippen LogP contribution is -2.76. The van der Waals surface area contributed by atoms with E-state index >= 15 is 0 Å². The minimum atomic E-state index is -4.55. The molecule has 1 fully saturated rings. The maximum atomic E-state index is 11.7. The fourth-order valence-corrected chi connectivity index (χ4v) is 3.55. The third-order valence-electron chi connectivity index (χ3n) is 3.62. The van der Waals surface area contributed by atoms with Crippen LogP contribution >= 0.6 is 0 Å². The molecule has 20 heavy (non-hydrogen) atoms. The molecule has 0 amide bonds. The zero-order valence-corrected chi connectivity index (χ0v) is 13.1. The molecule has 0 bridgehead atoms. The molecule has 0 aromatic carbocycles. The fraction of sp³-hybridized carbons (Fsp3) is 0.909. The van der Waals surface area contributed by atoms with E-state index in [0.717, 1.165) is 22.2 Å². The van der Waals surface area contributed by atoms with Crippen molar-refractivity contribution in [3.05, 3.63) is 0 Å². The van der Waals surface area contributed by atoms with Crippen LogP contribution in [0.2, 0.25) is 0 Å². The van der Waals surface area contributed by atoms with Crippen LogP contribution in [0.25, 0.3) is 0 Å². The molecular formula is C11H23N5O3S. The van der Waals surface area contributed by atoms with Crippen molar-refractivity contribution in [1.82, 2.24) is 9.31 Å². The summed E-state index contributed by atoms with van der Waals surface area (Å²) in [5.74, 6) is 5.21. The first-order valence-corrected chi connectivity index (χ1v) is 7.95. The number of rotatable bonds is 2. The van der Waals surface area contributed by atoms with E-state index in [4.69, 9.17) is 11.6 Å². The van der Waals surface area contributed by atoms with Gasteiger partial charge in [-0.1, -0.05) is 20.8 Å². The first-order chi connectivity index (χ1) is 8.87.